The monoisotopic (exact) mass is 254 g/mol. The van der Waals surface area contributed by atoms with E-state index in [1.165, 1.54) is 12.1 Å². The Bertz CT molecular complexity index is 538. The maximum Gasteiger partial charge on any atom is 0.125 e. The number of rotatable bonds is 3. The predicted molar refractivity (Wildman–Crippen MR) is 63.5 cm³/mol. The fourth-order valence-corrected chi connectivity index (χ4v) is 1.73. The lowest BCUT2D eigenvalue weighted by Gasteiger charge is -2.09. The van der Waals surface area contributed by atoms with E-state index in [4.69, 9.17) is 11.8 Å². The Kier molecular flexibility index (Phi) is 3.40. The van der Waals surface area contributed by atoms with E-state index in [-0.39, 0.29) is 5.82 Å². The van der Waals surface area contributed by atoms with Gasteiger partial charge in [-0.3, -0.25) is 0 Å². The molecule has 4 nitrogen and oxygen atoms in total. The summed E-state index contributed by atoms with van der Waals surface area (Å²) in [7, 11) is 0. The maximum atomic E-state index is 13.3. The normalized spacial score (nSPS) is 10.8. The molecule has 2 aromatic rings. The van der Waals surface area contributed by atoms with E-state index in [0.29, 0.717) is 12.2 Å². The molecule has 0 atom stereocenters. The summed E-state index contributed by atoms with van der Waals surface area (Å²) >= 11 is 5.49. The van der Waals surface area contributed by atoms with Crippen molar-refractivity contribution in [3.63, 3.8) is 0 Å². The first-order valence-electron chi connectivity index (χ1n) is 5.14. The van der Waals surface area contributed by atoms with Gasteiger partial charge in [0.05, 0.1) is 17.1 Å². The minimum atomic E-state index is -0.314. The number of aryl methyl sites for hydroxylation is 1. The number of aromatic nitrogens is 3. The summed E-state index contributed by atoms with van der Waals surface area (Å²) < 4.78 is 14.9. The van der Waals surface area contributed by atoms with E-state index in [9.17, 15) is 4.39 Å². The van der Waals surface area contributed by atoms with Gasteiger partial charge in [0, 0.05) is 6.54 Å². The Balaban J connectivity index is 2.56. The van der Waals surface area contributed by atoms with Crippen LogP contribution in [0.25, 0.3) is 5.69 Å². The number of benzene rings is 1. The molecule has 0 spiro atoms. The SMILES string of the molecule is Cc1nnn(-c2cc(F)ccc2CNCl)c1C. The van der Waals surface area contributed by atoms with Crippen molar-refractivity contribution in [3.05, 3.63) is 41.0 Å². The highest BCUT2D eigenvalue weighted by molar-refractivity contribution is 6.13. The van der Waals surface area contributed by atoms with Gasteiger partial charge in [0.2, 0.25) is 0 Å². The molecule has 0 bridgehead atoms. The van der Waals surface area contributed by atoms with Gasteiger partial charge < -0.3 is 0 Å². The van der Waals surface area contributed by atoms with Gasteiger partial charge in [-0.25, -0.2) is 13.9 Å². The first-order chi connectivity index (χ1) is 8.13. The van der Waals surface area contributed by atoms with E-state index in [1.807, 2.05) is 13.8 Å². The highest BCUT2D eigenvalue weighted by Crippen LogP contribution is 2.18. The predicted octanol–water partition coefficient (Wildman–Crippen LogP) is 2.27. The summed E-state index contributed by atoms with van der Waals surface area (Å²) in [4.78, 5) is 2.53. The summed E-state index contributed by atoms with van der Waals surface area (Å²) in [5, 5.41) is 7.96. The van der Waals surface area contributed by atoms with E-state index in [2.05, 4.69) is 15.1 Å². The van der Waals surface area contributed by atoms with Crippen LogP contribution in [0.2, 0.25) is 0 Å². The van der Waals surface area contributed by atoms with Crippen LogP contribution in [-0.2, 0) is 6.54 Å². The molecule has 0 fully saturated rings. The molecule has 1 aromatic carbocycles. The van der Waals surface area contributed by atoms with Crippen molar-refractivity contribution in [2.75, 3.05) is 0 Å². The van der Waals surface area contributed by atoms with Gasteiger partial charge in [0.15, 0.2) is 0 Å². The lowest BCUT2D eigenvalue weighted by atomic mass is 10.1. The van der Waals surface area contributed by atoms with Crippen molar-refractivity contribution in [1.82, 2.24) is 19.8 Å². The second-order valence-electron chi connectivity index (χ2n) is 3.76. The molecule has 0 saturated heterocycles. The molecular formula is C11H12ClFN4. The van der Waals surface area contributed by atoms with Gasteiger partial charge in [-0.2, -0.15) is 0 Å². The van der Waals surface area contributed by atoms with Gasteiger partial charge in [-0.05, 0) is 43.3 Å². The molecular weight excluding hydrogens is 243 g/mol. The molecule has 17 heavy (non-hydrogen) atoms. The average Bonchev–Trinajstić information content (AvgIpc) is 2.63. The van der Waals surface area contributed by atoms with Crippen molar-refractivity contribution in [2.45, 2.75) is 20.4 Å². The maximum absolute atomic E-state index is 13.3. The standard InChI is InChI=1S/C11H12ClFN4/c1-7-8(2)17(16-15-7)11-5-10(13)4-3-9(11)6-14-12/h3-5,14H,6H2,1-2H3. The molecule has 2 rings (SSSR count). The number of nitrogens with zero attached hydrogens (tertiary/aromatic N) is 3. The van der Waals surface area contributed by atoms with Crippen molar-refractivity contribution in [1.29, 1.82) is 0 Å². The van der Waals surface area contributed by atoms with Crippen molar-refractivity contribution >= 4 is 11.8 Å². The molecule has 90 valence electrons. The molecule has 1 N–H and O–H groups in total. The first kappa shape index (κ1) is 12.0. The molecule has 1 aromatic heterocycles. The first-order valence-corrected chi connectivity index (χ1v) is 5.52. The summed E-state index contributed by atoms with van der Waals surface area (Å²) in [6.07, 6.45) is 0. The van der Waals surface area contributed by atoms with E-state index >= 15 is 0 Å². The topological polar surface area (TPSA) is 42.7 Å². The lowest BCUT2D eigenvalue weighted by Crippen LogP contribution is -2.08. The minimum absolute atomic E-state index is 0.314. The quantitative estimate of drug-likeness (QED) is 0.855. The Labute approximate surface area is 104 Å². The van der Waals surface area contributed by atoms with Crippen molar-refractivity contribution in [3.8, 4) is 5.69 Å². The molecule has 0 aliphatic carbocycles. The fourth-order valence-electron chi connectivity index (χ4n) is 1.59. The van der Waals surface area contributed by atoms with E-state index in [0.717, 1.165) is 17.0 Å². The van der Waals surface area contributed by atoms with Gasteiger partial charge >= 0.3 is 0 Å². The Morgan fingerprint density at radius 3 is 2.76 bits per heavy atom. The van der Waals surface area contributed by atoms with Crippen LogP contribution < -0.4 is 4.84 Å². The Morgan fingerprint density at radius 2 is 2.18 bits per heavy atom. The number of nitrogens with one attached hydrogen (secondary N) is 1. The minimum Gasteiger partial charge on any atom is -0.229 e. The molecule has 0 saturated carbocycles. The van der Waals surface area contributed by atoms with Gasteiger partial charge in [0.25, 0.3) is 0 Å². The highest BCUT2D eigenvalue weighted by atomic mass is 35.5. The van der Waals surface area contributed by atoms with Crippen LogP contribution in [0.3, 0.4) is 0 Å². The van der Waals surface area contributed by atoms with Crippen LogP contribution in [0, 0.1) is 19.7 Å². The van der Waals surface area contributed by atoms with Gasteiger partial charge in [0.1, 0.15) is 5.82 Å². The zero-order valence-electron chi connectivity index (χ0n) is 9.54. The second-order valence-corrected chi connectivity index (χ2v) is 4.02. The van der Waals surface area contributed by atoms with Crippen LogP contribution in [0.4, 0.5) is 4.39 Å². The molecule has 0 radical (unpaired) electrons. The third-order valence-corrected chi connectivity index (χ3v) is 2.79. The lowest BCUT2D eigenvalue weighted by molar-refractivity contribution is 0.622. The number of hydrogen-bond acceptors (Lipinski definition) is 3. The summed E-state index contributed by atoms with van der Waals surface area (Å²) in [6, 6.07) is 4.49. The smallest absolute Gasteiger partial charge is 0.125 e. The third kappa shape index (κ3) is 2.30. The van der Waals surface area contributed by atoms with E-state index < -0.39 is 0 Å². The highest BCUT2D eigenvalue weighted by Gasteiger charge is 2.11. The fraction of sp³-hybridized carbons (Fsp3) is 0.273. The molecule has 0 unspecified atom stereocenters. The molecule has 0 amide bonds. The van der Waals surface area contributed by atoms with Crippen LogP contribution >= 0.6 is 11.8 Å². The zero-order valence-corrected chi connectivity index (χ0v) is 10.3. The second kappa shape index (κ2) is 4.81. The average molecular weight is 255 g/mol. The largest absolute Gasteiger partial charge is 0.229 e. The molecule has 6 heteroatoms. The number of hydrogen-bond donors (Lipinski definition) is 1. The van der Waals surface area contributed by atoms with Crippen LogP contribution in [0.15, 0.2) is 18.2 Å². The molecule has 0 aliphatic heterocycles. The summed E-state index contributed by atoms with van der Waals surface area (Å²) in [6.45, 7) is 4.17. The van der Waals surface area contributed by atoms with Gasteiger partial charge in [-0.1, -0.05) is 11.3 Å². The number of halogens is 2. The molecule has 1 heterocycles. The summed E-state index contributed by atoms with van der Waals surface area (Å²) in [5.74, 6) is -0.314. The van der Waals surface area contributed by atoms with Gasteiger partial charge in [-0.15, -0.1) is 5.10 Å². The van der Waals surface area contributed by atoms with Crippen LogP contribution in [-0.4, -0.2) is 15.0 Å². The molecule has 0 aliphatic rings. The Hall–Kier alpha value is -1.46. The summed E-state index contributed by atoms with van der Waals surface area (Å²) in [5.41, 5.74) is 3.20. The van der Waals surface area contributed by atoms with Crippen molar-refractivity contribution < 1.29 is 4.39 Å². The van der Waals surface area contributed by atoms with E-state index in [1.54, 1.807) is 10.7 Å². The van der Waals surface area contributed by atoms with Crippen LogP contribution in [0.5, 0.6) is 0 Å². The van der Waals surface area contributed by atoms with Crippen molar-refractivity contribution in [2.24, 2.45) is 0 Å². The zero-order chi connectivity index (χ0) is 12.4. The third-order valence-electron chi connectivity index (χ3n) is 2.66. The van der Waals surface area contributed by atoms with Crippen LogP contribution in [0.1, 0.15) is 17.0 Å². The Morgan fingerprint density at radius 1 is 1.41 bits per heavy atom.